The highest BCUT2D eigenvalue weighted by molar-refractivity contribution is 8.13. The molecule has 1 saturated carbocycles. The average molecular weight is 243 g/mol. The van der Waals surface area contributed by atoms with Gasteiger partial charge in [-0.05, 0) is 18.8 Å². The van der Waals surface area contributed by atoms with Gasteiger partial charge in [0.2, 0.25) is 0 Å². The number of hydrogen-bond donors (Lipinski definition) is 1. The van der Waals surface area contributed by atoms with Crippen LogP contribution in [0.2, 0.25) is 0 Å². The van der Waals surface area contributed by atoms with Crippen LogP contribution in [0.5, 0.6) is 0 Å². The second kappa shape index (κ2) is 4.28. The molecule has 2 atom stereocenters. The van der Waals surface area contributed by atoms with Gasteiger partial charge in [0, 0.05) is 12.3 Å². The number of rotatable bonds is 2. The molecule has 0 bridgehead atoms. The third kappa shape index (κ3) is 1.81. The molecular formula is C11H17NO3S. The molecule has 0 spiro atoms. The standard InChI is InChI=1S/C11H17NO3S/c1-8-3-2-4-11(7-8,9(13)14)12-5-6-16-10(12)15/h8H,2-7H2,1H3,(H,13,14). The Hall–Kier alpha value is -0.710. The fourth-order valence-electron chi connectivity index (χ4n) is 2.86. The molecule has 5 heteroatoms. The Balaban J connectivity index is 2.27. The van der Waals surface area contributed by atoms with E-state index in [-0.39, 0.29) is 5.24 Å². The molecule has 16 heavy (non-hydrogen) atoms. The molecule has 2 rings (SSSR count). The number of aliphatic carboxylic acids is 1. The van der Waals surface area contributed by atoms with Crippen LogP contribution in [0.25, 0.3) is 0 Å². The van der Waals surface area contributed by atoms with Gasteiger partial charge in [0.25, 0.3) is 5.24 Å². The summed E-state index contributed by atoms with van der Waals surface area (Å²) in [5.74, 6) is 0.292. The Bertz CT molecular complexity index is 320. The summed E-state index contributed by atoms with van der Waals surface area (Å²) < 4.78 is 0. The first-order chi connectivity index (χ1) is 7.56. The molecule has 90 valence electrons. The van der Waals surface area contributed by atoms with Crippen molar-refractivity contribution in [2.75, 3.05) is 12.3 Å². The van der Waals surface area contributed by atoms with E-state index in [0.717, 1.165) is 18.6 Å². The van der Waals surface area contributed by atoms with Crippen molar-refractivity contribution >= 4 is 23.0 Å². The summed E-state index contributed by atoms with van der Waals surface area (Å²) in [5, 5.41) is 9.42. The van der Waals surface area contributed by atoms with Crippen molar-refractivity contribution in [1.82, 2.24) is 4.90 Å². The van der Waals surface area contributed by atoms with E-state index in [9.17, 15) is 14.7 Å². The lowest BCUT2D eigenvalue weighted by Crippen LogP contribution is -2.57. The Kier molecular flexibility index (Phi) is 3.15. The highest BCUT2D eigenvalue weighted by Crippen LogP contribution is 2.40. The van der Waals surface area contributed by atoms with E-state index in [4.69, 9.17) is 0 Å². The van der Waals surface area contributed by atoms with Gasteiger partial charge < -0.3 is 10.0 Å². The fourth-order valence-corrected chi connectivity index (χ4v) is 3.73. The molecule has 1 aliphatic heterocycles. The van der Waals surface area contributed by atoms with Gasteiger partial charge in [-0.2, -0.15) is 0 Å². The zero-order valence-electron chi connectivity index (χ0n) is 9.44. The van der Waals surface area contributed by atoms with Gasteiger partial charge in [-0.1, -0.05) is 31.5 Å². The van der Waals surface area contributed by atoms with E-state index in [0.29, 0.717) is 25.3 Å². The monoisotopic (exact) mass is 243 g/mol. The van der Waals surface area contributed by atoms with Crippen molar-refractivity contribution < 1.29 is 14.7 Å². The molecular weight excluding hydrogens is 226 g/mol. The van der Waals surface area contributed by atoms with Crippen LogP contribution in [0.1, 0.15) is 32.6 Å². The number of carboxylic acid groups (broad SMARTS) is 1. The third-order valence-electron chi connectivity index (χ3n) is 3.65. The summed E-state index contributed by atoms with van der Waals surface area (Å²) in [6, 6.07) is 0. The van der Waals surface area contributed by atoms with Crippen molar-refractivity contribution in [2.24, 2.45) is 5.92 Å². The highest BCUT2D eigenvalue weighted by Gasteiger charge is 2.50. The topological polar surface area (TPSA) is 57.6 Å². The van der Waals surface area contributed by atoms with Gasteiger partial charge in [0.05, 0.1) is 0 Å². The summed E-state index contributed by atoms with van der Waals surface area (Å²) in [6.45, 7) is 2.66. The van der Waals surface area contributed by atoms with Crippen LogP contribution in [0.15, 0.2) is 0 Å². The van der Waals surface area contributed by atoms with E-state index in [1.54, 1.807) is 4.90 Å². The maximum Gasteiger partial charge on any atom is 0.329 e. The van der Waals surface area contributed by atoms with Crippen molar-refractivity contribution in [2.45, 2.75) is 38.1 Å². The van der Waals surface area contributed by atoms with Crippen LogP contribution in [-0.4, -0.2) is 39.1 Å². The van der Waals surface area contributed by atoms with Crippen molar-refractivity contribution in [1.29, 1.82) is 0 Å². The number of carbonyl (C=O) groups is 2. The quantitative estimate of drug-likeness (QED) is 0.807. The molecule has 2 fully saturated rings. The second-order valence-corrected chi connectivity index (χ2v) is 5.85. The second-order valence-electron chi connectivity index (χ2n) is 4.80. The van der Waals surface area contributed by atoms with Crippen LogP contribution < -0.4 is 0 Å². The number of carbonyl (C=O) groups excluding carboxylic acids is 1. The molecule has 2 unspecified atom stereocenters. The van der Waals surface area contributed by atoms with Crippen LogP contribution in [0.3, 0.4) is 0 Å². The number of hydrogen-bond acceptors (Lipinski definition) is 3. The van der Waals surface area contributed by atoms with Crippen molar-refractivity contribution in [3.63, 3.8) is 0 Å². The van der Waals surface area contributed by atoms with Crippen molar-refractivity contribution in [3.8, 4) is 0 Å². The molecule has 1 amide bonds. The van der Waals surface area contributed by atoms with Gasteiger partial charge in [-0.25, -0.2) is 4.79 Å². The van der Waals surface area contributed by atoms with Crippen LogP contribution in [0.4, 0.5) is 4.79 Å². The molecule has 0 radical (unpaired) electrons. The number of amides is 1. The summed E-state index contributed by atoms with van der Waals surface area (Å²) in [6.07, 6.45) is 3.19. The summed E-state index contributed by atoms with van der Waals surface area (Å²) >= 11 is 1.24. The molecule has 1 aliphatic carbocycles. The molecule has 0 aromatic heterocycles. The lowest BCUT2D eigenvalue weighted by atomic mass is 9.75. The maximum absolute atomic E-state index is 11.7. The minimum atomic E-state index is -0.918. The summed E-state index contributed by atoms with van der Waals surface area (Å²) in [5.41, 5.74) is -0.918. The number of nitrogens with zero attached hydrogens (tertiary/aromatic N) is 1. The molecule has 1 saturated heterocycles. The Morgan fingerprint density at radius 3 is 2.88 bits per heavy atom. The first-order valence-electron chi connectivity index (χ1n) is 5.74. The van der Waals surface area contributed by atoms with E-state index in [2.05, 4.69) is 6.92 Å². The number of carboxylic acids is 1. The predicted molar refractivity (Wildman–Crippen MR) is 62.6 cm³/mol. The Morgan fingerprint density at radius 2 is 2.38 bits per heavy atom. The minimum absolute atomic E-state index is 0.0588. The van der Waals surface area contributed by atoms with Crippen LogP contribution >= 0.6 is 11.8 Å². The Labute approximate surface area is 99.4 Å². The van der Waals surface area contributed by atoms with Gasteiger partial charge in [0.15, 0.2) is 0 Å². The number of thioether (sulfide) groups is 1. The molecule has 1 heterocycles. The minimum Gasteiger partial charge on any atom is -0.479 e. The van der Waals surface area contributed by atoms with Crippen LogP contribution in [0, 0.1) is 5.92 Å². The van der Waals surface area contributed by atoms with Gasteiger partial charge in [-0.3, -0.25) is 4.79 Å². The molecule has 0 aromatic carbocycles. The lowest BCUT2D eigenvalue weighted by Gasteiger charge is -2.42. The maximum atomic E-state index is 11.7. The molecule has 0 aromatic rings. The third-order valence-corrected chi connectivity index (χ3v) is 4.50. The van der Waals surface area contributed by atoms with Crippen molar-refractivity contribution in [3.05, 3.63) is 0 Å². The normalized spacial score (nSPS) is 35.4. The molecule has 1 N–H and O–H groups in total. The Morgan fingerprint density at radius 1 is 1.62 bits per heavy atom. The first-order valence-corrected chi connectivity index (χ1v) is 6.72. The molecule has 4 nitrogen and oxygen atoms in total. The van der Waals surface area contributed by atoms with Gasteiger partial charge in [-0.15, -0.1) is 0 Å². The van der Waals surface area contributed by atoms with Crippen LogP contribution in [-0.2, 0) is 4.79 Å². The largest absolute Gasteiger partial charge is 0.479 e. The average Bonchev–Trinajstić information content (AvgIpc) is 2.64. The lowest BCUT2D eigenvalue weighted by molar-refractivity contribution is -0.152. The molecule has 2 aliphatic rings. The zero-order valence-corrected chi connectivity index (χ0v) is 10.3. The summed E-state index contributed by atoms with van der Waals surface area (Å²) in [7, 11) is 0. The zero-order chi connectivity index (χ0) is 11.8. The van der Waals surface area contributed by atoms with E-state index in [1.165, 1.54) is 11.8 Å². The SMILES string of the molecule is CC1CCCC(C(=O)O)(N2CCSC2=O)C1. The predicted octanol–water partition coefficient (Wildman–Crippen LogP) is 2.19. The fraction of sp³-hybridized carbons (Fsp3) is 0.818. The van der Waals surface area contributed by atoms with Gasteiger partial charge in [0.1, 0.15) is 5.54 Å². The van der Waals surface area contributed by atoms with E-state index >= 15 is 0 Å². The highest BCUT2D eigenvalue weighted by atomic mass is 32.2. The van der Waals surface area contributed by atoms with E-state index < -0.39 is 11.5 Å². The van der Waals surface area contributed by atoms with E-state index in [1.807, 2.05) is 0 Å². The summed E-state index contributed by atoms with van der Waals surface area (Å²) in [4.78, 5) is 24.9. The first kappa shape index (κ1) is 11.8. The van der Waals surface area contributed by atoms with Gasteiger partial charge >= 0.3 is 5.97 Å². The smallest absolute Gasteiger partial charge is 0.329 e.